The Morgan fingerprint density at radius 2 is 2.21 bits per heavy atom. The van der Waals surface area contributed by atoms with Gasteiger partial charge in [-0.25, -0.2) is 0 Å². The second-order valence-electron chi connectivity index (χ2n) is 4.76. The van der Waals surface area contributed by atoms with Crippen molar-refractivity contribution in [1.29, 1.82) is 0 Å². The minimum absolute atomic E-state index is 0.00573. The van der Waals surface area contributed by atoms with Crippen LogP contribution in [0.25, 0.3) is 0 Å². The van der Waals surface area contributed by atoms with Crippen LogP contribution in [0.4, 0.5) is 0 Å². The smallest absolute Gasteiger partial charge is 0.264 e. The van der Waals surface area contributed by atoms with E-state index in [0.29, 0.717) is 19.4 Å². The quantitative estimate of drug-likeness (QED) is 0.662. The molecule has 0 spiro atoms. The van der Waals surface area contributed by atoms with Crippen LogP contribution in [-0.4, -0.2) is 50.6 Å². The molecule has 1 saturated heterocycles. The highest BCUT2D eigenvalue weighted by molar-refractivity contribution is 7.85. The summed E-state index contributed by atoms with van der Waals surface area (Å²) in [6, 6.07) is -0.579. The lowest BCUT2D eigenvalue weighted by Crippen LogP contribution is -2.51. The zero-order chi connectivity index (χ0) is 14.6. The van der Waals surface area contributed by atoms with E-state index in [1.165, 1.54) is 4.90 Å². The third-order valence-corrected chi connectivity index (χ3v) is 3.74. The summed E-state index contributed by atoms with van der Waals surface area (Å²) in [6.07, 6.45) is 2.24. The van der Waals surface area contributed by atoms with Gasteiger partial charge in [-0.05, 0) is 18.8 Å². The monoisotopic (exact) mass is 292 g/mol. The van der Waals surface area contributed by atoms with Crippen LogP contribution in [0.5, 0.6) is 0 Å². The molecule has 0 radical (unpaired) electrons. The molecule has 0 aliphatic carbocycles. The van der Waals surface area contributed by atoms with Crippen LogP contribution in [0.15, 0.2) is 0 Å². The van der Waals surface area contributed by atoms with Gasteiger partial charge in [0, 0.05) is 13.0 Å². The molecule has 1 rings (SSSR count). The topological polar surface area (TPSA) is 107 Å². The first-order valence-corrected chi connectivity index (χ1v) is 7.99. The van der Waals surface area contributed by atoms with E-state index in [2.05, 4.69) is 0 Å². The Hall–Kier alpha value is -1.15. The largest absolute Gasteiger partial charge is 0.368 e. The van der Waals surface area contributed by atoms with Gasteiger partial charge in [0.2, 0.25) is 11.8 Å². The van der Waals surface area contributed by atoms with Crippen LogP contribution in [-0.2, 0) is 23.9 Å². The third kappa shape index (κ3) is 4.79. The molecule has 110 valence electrons. The molecule has 0 bridgehead atoms. The van der Waals surface area contributed by atoms with Gasteiger partial charge in [-0.3, -0.25) is 13.8 Å². The third-order valence-electron chi connectivity index (χ3n) is 3.17. The van der Waals surface area contributed by atoms with Crippen LogP contribution in [0.1, 0.15) is 26.2 Å². The Kier molecular flexibility index (Phi) is 5.30. The van der Waals surface area contributed by atoms with Crippen LogP contribution in [0.2, 0.25) is 0 Å². The van der Waals surface area contributed by atoms with Crippen molar-refractivity contribution in [3.05, 3.63) is 0 Å². The Balaban J connectivity index is 2.56. The van der Waals surface area contributed by atoms with Gasteiger partial charge in [0.15, 0.2) is 0 Å². The number of likely N-dealkylation sites (tertiary alicyclic amines) is 1. The standard InChI is InChI=1S/C11H20N2O5S/c1-3-9(11(12)15)13-5-4-8(6-10(13)14)7-18-19(2,16)17/h8-9H,3-7H2,1-2H3,(H2,12,15)/t8?,9-/m0/s1. The molecule has 1 heterocycles. The Bertz CT molecular complexity index is 448. The van der Waals surface area contributed by atoms with Gasteiger partial charge in [0.1, 0.15) is 6.04 Å². The molecule has 19 heavy (non-hydrogen) atoms. The molecule has 7 nitrogen and oxygen atoms in total. The van der Waals surface area contributed by atoms with Gasteiger partial charge >= 0.3 is 0 Å². The Morgan fingerprint density at radius 1 is 1.58 bits per heavy atom. The number of hydrogen-bond acceptors (Lipinski definition) is 5. The molecule has 1 aliphatic rings. The van der Waals surface area contributed by atoms with Crippen molar-refractivity contribution in [3.8, 4) is 0 Å². The van der Waals surface area contributed by atoms with Gasteiger partial charge in [-0.15, -0.1) is 0 Å². The molecular weight excluding hydrogens is 272 g/mol. The summed E-state index contributed by atoms with van der Waals surface area (Å²) in [5, 5.41) is 0. The first kappa shape index (κ1) is 15.9. The van der Waals surface area contributed by atoms with Crippen molar-refractivity contribution in [2.24, 2.45) is 11.7 Å². The van der Waals surface area contributed by atoms with Crippen molar-refractivity contribution >= 4 is 21.9 Å². The van der Waals surface area contributed by atoms with Gasteiger partial charge in [0.05, 0.1) is 12.9 Å². The summed E-state index contributed by atoms with van der Waals surface area (Å²) in [5.74, 6) is -0.829. The van der Waals surface area contributed by atoms with E-state index >= 15 is 0 Å². The maximum atomic E-state index is 11.9. The average Bonchev–Trinajstić information content (AvgIpc) is 2.28. The fourth-order valence-electron chi connectivity index (χ4n) is 2.18. The molecule has 0 aromatic rings. The lowest BCUT2D eigenvalue weighted by atomic mass is 9.95. The highest BCUT2D eigenvalue weighted by atomic mass is 32.2. The van der Waals surface area contributed by atoms with Crippen molar-refractivity contribution in [1.82, 2.24) is 4.90 Å². The summed E-state index contributed by atoms with van der Waals surface area (Å²) in [5.41, 5.74) is 5.25. The number of carbonyl (C=O) groups excluding carboxylic acids is 2. The zero-order valence-corrected chi connectivity index (χ0v) is 12.0. The van der Waals surface area contributed by atoms with E-state index in [-0.39, 0.29) is 24.9 Å². The number of nitrogens with zero attached hydrogens (tertiary/aromatic N) is 1. The predicted molar refractivity (Wildman–Crippen MR) is 68.5 cm³/mol. The Labute approximate surface area is 113 Å². The minimum Gasteiger partial charge on any atom is -0.368 e. The molecule has 8 heteroatoms. The van der Waals surface area contributed by atoms with E-state index in [0.717, 1.165) is 6.26 Å². The number of piperidine rings is 1. The summed E-state index contributed by atoms with van der Waals surface area (Å²) in [6.45, 7) is 2.20. The Morgan fingerprint density at radius 3 is 2.63 bits per heavy atom. The van der Waals surface area contributed by atoms with Crippen LogP contribution < -0.4 is 5.73 Å². The summed E-state index contributed by atoms with van der Waals surface area (Å²) in [7, 11) is -3.49. The maximum absolute atomic E-state index is 11.9. The van der Waals surface area contributed by atoms with Crippen molar-refractivity contribution in [3.63, 3.8) is 0 Å². The molecule has 2 atom stereocenters. The van der Waals surface area contributed by atoms with Gasteiger partial charge in [-0.1, -0.05) is 6.92 Å². The molecule has 2 amide bonds. The predicted octanol–water partition coefficient (Wildman–Crippen LogP) is -0.535. The summed E-state index contributed by atoms with van der Waals surface area (Å²) < 4.78 is 26.5. The average molecular weight is 292 g/mol. The number of primary amides is 1. The first-order valence-electron chi connectivity index (χ1n) is 6.17. The molecule has 1 unspecified atom stereocenters. The van der Waals surface area contributed by atoms with Crippen molar-refractivity contribution in [2.45, 2.75) is 32.2 Å². The van der Waals surface area contributed by atoms with E-state index < -0.39 is 22.1 Å². The van der Waals surface area contributed by atoms with Crippen molar-refractivity contribution in [2.75, 3.05) is 19.4 Å². The SMILES string of the molecule is CC[C@@H](C(N)=O)N1CCC(COS(C)(=O)=O)CC1=O. The lowest BCUT2D eigenvalue weighted by Gasteiger charge is -2.35. The highest BCUT2D eigenvalue weighted by Crippen LogP contribution is 2.22. The second-order valence-corrected chi connectivity index (χ2v) is 6.40. The molecule has 1 fully saturated rings. The van der Waals surface area contributed by atoms with E-state index in [1.54, 1.807) is 6.92 Å². The second kappa shape index (κ2) is 6.33. The van der Waals surface area contributed by atoms with Crippen LogP contribution in [0.3, 0.4) is 0 Å². The van der Waals surface area contributed by atoms with Gasteiger partial charge in [-0.2, -0.15) is 8.42 Å². The number of hydrogen-bond donors (Lipinski definition) is 1. The first-order chi connectivity index (χ1) is 8.74. The fourth-order valence-corrected chi connectivity index (χ4v) is 2.62. The van der Waals surface area contributed by atoms with Crippen LogP contribution >= 0.6 is 0 Å². The number of amides is 2. The van der Waals surface area contributed by atoms with E-state index in [9.17, 15) is 18.0 Å². The normalized spacial score (nSPS) is 22.3. The van der Waals surface area contributed by atoms with Crippen LogP contribution in [0, 0.1) is 5.92 Å². The summed E-state index contributed by atoms with van der Waals surface area (Å²) in [4.78, 5) is 24.7. The molecule has 2 N–H and O–H groups in total. The molecule has 1 aliphatic heterocycles. The zero-order valence-electron chi connectivity index (χ0n) is 11.2. The maximum Gasteiger partial charge on any atom is 0.264 e. The summed E-state index contributed by atoms with van der Waals surface area (Å²) >= 11 is 0. The van der Waals surface area contributed by atoms with Crippen molar-refractivity contribution < 1.29 is 22.2 Å². The van der Waals surface area contributed by atoms with E-state index in [4.69, 9.17) is 9.92 Å². The fraction of sp³-hybridized carbons (Fsp3) is 0.818. The highest BCUT2D eigenvalue weighted by Gasteiger charge is 2.32. The van der Waals surface area contributed by atoms with Gasteiger partial charge < -0.3 is 10.6 Å². The number of carbonyl (C=O) groups is 2. The number of rotatable bonds is 6. The number of nitrogens with two attached hydrogens (primary N) is 1. The molecule has 0 saturated carbocycles. The molecule has 0 aromatic heterocycles. The molecular formula is C11H20N2O5S. The molecule has 0 aromatic carbocycles. The van der Waals surface area contributed by atoms with E-state index in [1.807, 2.05) is 0 Å². The lowest BCUT2D eigenvalue weighted by molar-refractivity contribution is -0.143. The minimum atomic E-state index is -3.49. The van der Waals surface area contributed by atoms with Gasteiger partial charge in [0.25, 0.3) is 10.1 Å².